The summed E-state index contributed by atoms with van der Waals surface area (Å²) in [5.74, 6) is -0.898. The second kappa shape index (κ2) is 6.19. The number of esters is 1. The summed E-state index contributed by atoms with van der Waals surface area (Å²) >= 11 is 4.53. The van der Waals surface area contributed by atoms with Crippen molar-refractivity contribution in [3.8, 4) is 0 Å². The number of hydrogen-bond donors (Lipinski definition) is 2. The Morgan fingerprint density at radius 3 is 2.40 bits per heavy atom. The Balaban J connectivity index is 3.07. The molecule has 0 radical (unpaired) electrons. The van der Waals surface area contributed by atoms with Crippen LogP contribution in [0.15, 0.2) is 5.18 Å². The number of nitrogens with zero attached hydrogens (tertiary/aromatic N) is 2. The number of carbonyl (C=O) groups is 2. The summed E-state index contributed by atoms with van der Waals surface area (Å²) in [5, 5.41) is 3.07. The zero-order chi connectivity index (χ0) is 15.4. The number of thiol groups is 1. The van der Waals surface area contributed by atoms with Crippen LogP contribution in [0, 0.1) is 4.91 Å². The second-order valence-electron chi connectivity index (χ2n) is 5.19. The van der Waals surface area contributed by atoms with Gasteiger partial charge in [-0.25, -0.2) is 4.79 Å². The largest absolute Gasteiger partial charge is 0.464 e. The fourth-order valence-corrected chi connectivity index (χ4v) is 2.72. The first-order valence-electron chi connectivity index (χ1n) is 6.69. The number of nitroso groups, excluding NO2 is 1. The zero-order valence-corrected chi connectivity index (χ0v) is 12.8. The van der Waals surface area contributed by atoms with Gasteiger partial charge in [-0.2, -0.15) is 4.91 Å². The Kier molecular flexibility index (Phi) is 5.28. The van der Waals surface area contributed by atoms with Crippen LogP contribution in [-0.2, 0) is 14.3 Å². The number of aldehydes is 1. The minimum atomic E-state index is -2.03. The molecular weight excluding hydrogens is 282 g/mol. The second-order valence-corrected chi connectivity index (χ2v) is 6.04. The Hall–Kier alpha value is -0.990. The molecule has 1 heterocycles. The fourth-order valence-electron chi connectivity index (χ4n) is 2.52. The molecule has 0 bridgehead atoms. The molecule has 0 aromatic rings. The topological polar surface area (TPSA) is 98.8 Å². The van der Waals surface area contributed by atoms with Gasteiger partial charge in [0.25, 0.3) is 0 Å². The van der Waals surface area contributed by atoms with Gasteiger partial charge in [0.15, 0.2) is 11.8 Å². The minimum absolute atomic E-state index is 0.0854. The number of rotatable bonds is 6. The van der Waals surface area contributed by atoms with Crippen molar-refractivity contribution in [2.45, 2.75) is 37.8 Å². The lowest BCUT2D eigenvalue weighted by Crippen LogP contribution is -2.70. The first kappa shape index (κ1) is 17.1. The van der Waals surface area contributed by atoms with E-state index in [4.69, 9.17) is 10.5 Å². The quantitative estimate of drug-likeness (QED) is 0.185. The molecule has 2 N–H and O–H groups in total. The monoisotopic (exact) mass is 304 g/mol. The maximum Gasteiger partial charge on any atom is 0.336 e. The molecule has 0 spiro atoms. The van der Waals surface area contributed by atoms with Gasteiger partial charge in [0, 0.05) is 12.8 Å². The van der Waals surface area contributed by atoms with Crippen molar-refractivity contribution in [1.29, 1.82) is 0 Å². The molecule has 0 saturated carbocycles. The molecule has 0 amide bonds. The third-order valence-electron chi connectivity index (χ3n) is 4.22. The summed E-state index contributed by atoms with van der Waals surface area (Å²) in [6.07, 6.45) is 0.737. The summed E-state index contributed by atoms with van der Waals surface area (Å²) in [4.78, 5) is 34.7. The number of piperidine rings is 1. The van der Waals surface area contributed by atoms with E-state index in [1.807, 2.05) is 6.92 Å². The third-order valence-corrected chi connectivity index (χ3v) is 4.90. The van der Waals surface area contributed by atoms with Crippen LogP contribution < -0.4 is 5.73 Å². The Bertz CT molecular complexity index is 396. The van der Waals surface area contributed by atoms with Gasteiger partial charge >= 0.3 is 5.97 Å². The number of carbonyl (C=O) groups excluding carboxylic acids is 2. The molecule has 1 aliphatic heterocycles. The molecule has 20 heavy (non-hydrogen) atoms. The summed E-state index contributed by atoms with van der Waals surface area (Å²) in [7, 11) is 0. The van der Waals surface area contributed by atoms with Crippen LogP contribution in [-0.4, -0.2) is 53.5 Å². The van der Waals surface area contributed by atoms with E-state index in [9.17, 15) is 14.5 Å². The van der Waals surface area contributed by atoms with Crippen LogP contribution in [0.25, 0.3) is 0 Å². The lowest BCUT2D eigenvalue weighted by Gasteiger charge is -2.45. The first-order valence-corrected chi connectivity index (χ1v) is 7.09. The zero-order valence-electron chi connectivity index (χ0n) is 11.9. The minimum Gasteiger partial charge on any atom is -0.464 e. The predicted molar refractivity (Wildman–Crippen MR) is 76.9 cm³/mol. The van der Waals surface area contributed by atoms with E-state index in [2.05, 4.69) is 18.0 Å². The van der Waals surface area contributed by atoms with Gasteiger partial charge in [-0.1, -0.05) is 5.18 Å². The lowest BCUT2D eigenvalue weighted by molar-refractivity contribution is -0.797. The van der Waals surface area contributed by atoms with E-state index in [1.165, 1.54) is 0 Å². The van der Waals surface area contributed by atoms with E-state index in [0.717, 1.165) is 6.54 Å². The number of hydrogen-bond acceptors (Lipinski definition) is 7. The molecule has 1 atom stereocenters. The maximum absolute atomic E-state index is 12.0. The highest BCUT2D eigenvalue weighted by molar-refractivity contribution is 7.74. The van der Waals surface area contributed by atoms with E-state index < -0.39 is 17.0 Å². The van der Waals surface area contributed by atoms with Gasteiger partial charge in [-0.15, -0.1) is 0 Å². The van der Waals surface area contributed by atoms with Crippen molar-refractivity contribution in [3.05, 3.63) is 4.91 Å². The van der Waals surface area contributed by atoms with Gasteiger partial charge in [-0.05, 0) is 13.8 Å². The van der Waals surface area contributed by atoms with Crippen LogP contribution in [0.1, 0.15) is 26.7 Å². The van der Waals surface area contributed by atoms with Gasteiger partial charge in [0.1, 0.15) is 5.54 Å². The molecule has 0 aromatic heterocycles. The SMILES string of the molecule is CCOC(=O)C(N)(C=O)C1(N=O)CC[N+](S)(CC)CC1. The molecule has 114 valence electrons. The number of nitrogens with two attached hydrogens (primary N) is 1. The predicted octanol–water partition coefficient (Wildman–Crippen LogP) is 0.426. The molecule has 1 aliphatic rings. The van der Waals surface area contributed by atoms with Crippen molar-refractivity contribution in [2.75, 3.05) is 26.2 Å². The molecular formula is C12H22N3O4S+. The lowest BCUT2D eigenvalue weighted by atomic mass is 9.72. The average molecular weight is 304 g/mol. The molecule has 1 saturated heterocycles. The summed E-state index contributed by atoms with van der Waals surface area (Å²) < 4.78 is 5.31. The summed E-state index contributed by atoms with van der Waals surface area (Å²) in [6.45, 7) is 5.47. The third kappa shape index (κ3) is 2.72. The van der Waals surface area contributed by atoms with Gasteiger partial charge < -0.3 is 15.3 Å². The molecule has 0 aliphatic carbocycles. The Labute approximate surface area is 123 Å². The summed E-state index contributed by atoms with van der Waals surface area (Å²) in [5.41, 5.74) is 2.42. The Morgan fingerprint density at radius 1 is 1.50 bits per heavy atom. The molecule has 1 rings (SSSR count). The number of quaternary nitrogens is 1. The van der Waals surface area contributed by atoms with Crippen molar-refractivity contribution >= 4 is 25.1 Å². The highest BCUT2D eigenvalue weighted by Gasteiger charge is 2.60. The van der Waals surface area contributed by atoms with E-state index in [-0.39, 0.29) is 25.7 Å². The molecule has 0 aromatic carbocycles. The molecule has 8 heteroatoms. The average Bonchev–Trinajstić information content (AvgIpc) is 2.47. The number of likely N-dealkylation sites (tertiary alicyclic amines) is 1. The van der Waals surface area contributed by atoms with Crippen LogP contribution >= 0.6 is 12.8 Å². The molecule has 1 fully saturated rings. The maximum atomic E-state index is 12.0. The van der Waals surface area contributed by atoms with E-state index in [0.29, 0.717) is 17.0 Å². The number of ether oxygens (including phenoxy) is 1. The smallest absolute Gasteiger partial charge is 0.336 e. The first-order chi connectivity index (χ1) is 9.33. The van der Waals surface area contributed by atoms with Crippen molar-refractivity contribution in [1.82, 2.24) is 0 Å². The van der Waals surface area contributed by atoms with Crippen LogP contribution in [0.4, 0.5) is 0 Å². The standard InChI is InChI=1S/C12H22N3O4S/c1-3-15(20)7-5-11(14-18,6-8-15)12(13,9-16)10(17)19-4-2/h9,20H,3-8,13H2,1-2H3/q+1. The van der Waals surface area contributed by atoms with Gasteiger partial charge in [-0.3, -0.25) is 3.89 Å². The highest BCUT2D eigenvalue weighted by Crippen LogP contribution is 2.38. The van der Waals surface area contributed by atoms with Crippen molar-refractivity contribution in [2.24, 2.45) is 10.9 Å². The summed E-state index contributed by atoms with van der Waals surface area (Å²) in [6, 6.07) is 0. The van der Waals surface area contributed by atoms with Gasteiger partial charge in [0.05, 0.1) is 39.1 Å². The van der Waals surface area contributed by atoms with E-state index >= 15 is 0 Å². The fraction of sp³-hybridized carbons (Fsp3) is 0.833. The molecule has 7 nitrogen and oxygen atoms in total. The van der Waals surface area contributed by atoms with Crippen LogP contribution in [0.3, 0.4) is 0 Å². The van der Waals surface area contributed by atoms with Crippen molar-refractivity contribution in [3.63, 3.8) is 0 Å². The normalized spacial score (nSPS) is 33.0. The Morgan fingerprint density at radius 2 is 2.05 bits per heavy atom. The van der Waals surface area contributed by atoms with Gasteiger partial charge in [0.2, 0.25) is 0 Å². The van der Waals surface area contributed by atoms with E-state index in [1.54, 1.807) is 6.92 Å². The van der Waals surface area contributed by atoms with Crippen LogP contribution in [0.5, 0.6) is 0 Å². The van der Waals surface area contributed by atoms with Crippen LogP contribution in [0.2, 0.25) is 0 Å². The highest BCUT2D eigenvalue weighted by atomic mass is 32.1. The van der Waals surface area contributed by atoms with Crippen molar-refractivity contribution < 1.29 is 18.2 Å². The molecule has 1 unspecified atom stereocenters.